The molecule has 1 heterocycles. The van der Waals surface area contributed by atoms with Gasteiger partial charge in [-0.25, -0.2) is 4.79 Å². The van der Waals surface area contributed by atoms with Gasteiger partial charge >= 0.3 is 17.9 Å². The lowest BCUT2D eigenvalue weighted by atomic mass is 9.99. The van der Waals surface area contributed by atoms with E-state index in [0.29, 0.717) is 12.8 Å². The summed E-state index contributed by atoms with van der Waals surface area (Å²) >= 11 is 0. The van der Waals surface area contributed by atoms with Gasteiger partial charge in [0.05, 0.1) is 6.61 Å². The smallest absolute Gasteiger partial charge is 0.335 e. The second kappa shape index (κ2) is 33.5. The summed E-state index contributed by atoms with van der Waals surface area (Å²) in [7, 11) is 0. The number of carboxylic acid groups (broad SMARTS) is 1. The van der Waals surface area contributed by atoms with E-state index in [1.54, 1.807) is 0 Å². The predicted octanol–water partition coefficient (Wildman–Crippen LogP) is 8.20. The molecule has 11 heteroatoms. The summed E-state index contributed by atoms with van der Waals surface area (Å²) < 4.78 is 21.6. The fourth-order valence-electron chi connectivity index (χ4n) is 5.83. The minimum Gasteiger partial charge on any atom is -0.479 e. The van der Waals surface area contributed by atoms with E-state index in [0.717, 1.165) is 96.3 Å². The fraction of sp³-hybridized carbons (Fsp3) is 0.744. The summed E-state index contributed by atoms with van der Waals surface area (Å²) in [5.74, 6) is -2.49. The number of carboxylic acids is 1. The predicted molar refractivity (Wildman–Crippen MR) is 211 cm³/mol. The van der Waals surface area contributed by atoms with E-state index in [2.05, 4.69) is 62.5 Å². The van der Waals surface area contributed by atoms with Gasteiger partial charge < -0.3 is 39.4 Å². The Morgan fingerprint density at radius 2 is 1.07 bits per heavy atom. The number of hydrogen-bond acceptors (Lipinski definition) is 10. The number of ether oxygens (including phenoxy) is 4. The normalized spacial score (nSPS) is 21.1. The van der Waals surface area contributed by atoms with E-state index in [-0.39, 0.29) is 19.4 Å². The Morgan fingerprint density at radius 1 is 0.574 bits per heavy atom. The van der Waals surface area contributed by atoms with Crippen molar-refractivity contribution in [3.8, 4) is 0 Å². The van der Waals surface area contributed by atoms with Crippen molar-refractivity contribution >= 4 is 17.9 Å². The second-order valence-corrected chi connectivity index (χ2v) is 14.1. The van der Waals surface area contributed by atoms with Crippen molar-refractivity contribution < 1.29 is 53.8 Å². The van der Waals surface area contributed by atoms with Crippen molar-refractivity contribution in [2.45, 2.75) is 192 Å². The van der Waals surface area contributed by atoms with Crippen molar-refractivity contribution in [2.24, 2.45) is 0 Å². The van der Waals surface area contributed by atoms with Crippen LogP contribution in [0.3, 0.4) is 0 Å². The van der Waals surface area contributed by atoms with Gasteiger partial charge in [0.1, 0.15) is 24.9 Å². The van der Waals surface area contributed by atoms with Gasteiger partial charge in [-0.3, -0.25) is 9.59 Å². The molecule has 1 rings (SSSR count). The van der Waals surface area contributed by atoms with Gasteiger partial charge in [-0.2, -0.15) is 0 Å². The zero-order chi connectivity index (χ0) is 39.7. The zero-order valence-corrected chi connectivity index (χ0v) is 33.2. The number of esters is 2. The topological polar surface area (TPSA) is 169 Å². The molecule has 6 unspecified atom stereocenters. The van der Waals surface area contributed by atoms with E-state index in [9.17, 15) is 34.8 Å². The third-order valence-corrected chi connectivity index (χ3v) is 9.13. The van der Waals surface area contributed by atoms with E-state index in [1.807, 2.05) is 0 Å². The van der Waals surface area contributed by atoms with Crippen LogP contribution in [-0.2, 0) is 33.3 Å². The van der Waals surface area contributed by atoms with Crippen LogP contribution in [-0.4, -0.2) is 88.4 Å². The lowest BCUT2D eigenvalue weighted by Gasteiger charge is -2.38. The van der Waals surface area contributed by atoms with Gasteiger partial charge in [-0.15, -0.1) is 0 Å². The van der Waals surface area contributed by atoms with Gasteiger partial charge in [0.25, 0.3) is 0 Å². The van der Waals surface area contributed by atoms with Gasteiger partial charge in [0.15, 0.2) is 18.5 Å². The van der Waals surface area contributed by atoms with Crippen LogP contribution in [0.2, 0.25) is 0 Å². The molecule has 310 valence electrons. The van der Waals surface area contributed by atoms with E-state index in [4.69, 9.17) is 18.9 Å². The summed E-state index contributed by atoms with van der Waals surface area (Å²) in [6, 6.07) is 0. The first kappa shape index (κ1) is 49.2. The molecule has 0 spiro atoms. The quantitative estimate of drug-likeness (QED) is 0.0289. The average molecular weight is 765 g/mol. The molecule has 0 aromatic rings. The van der Waals surface area contributed by atoms with Crippen molar-refractivity contribution in [3.63, 3.8) is 0 Å². The molecule has 1 fully saturated rings. The molecule has 54 heavy (non-hydrogen) atoms. The highest BCUT2D eigenvalue weighted by molar-refractivity contribution is 5.73. The molecule has 1 saturated heterocycles. The molecule has 0 radical (unpaired) electrons. The number of rotatable bonds is 33. The van der Waals surface area contributed by atoms with Crippen molar-refractivity contribution in [2.75, 3.05) is 13.2 Å². The zero-order valence-electron chi connectivity index (χ0n) is 33.2. The second-order valence-electron chi connectivity index (χ2n) is 14.1. The average Bonchev–Trinajstić information content (AvgIpc) is 3.15. The third-order valence-electron chi connectivity index (χ3n) is 9.13. The molecule has 0 aliphatic carbocycles. The Morgan fingerprint density at radius 3 is 1.61 bits per heavy atom. The highest BCUT2D eigenvalue weighted by Gasteiger charge is 2.47. The maximum Gasteiger partial charge on any atom is 0.335 e. The maximum atomic E-state index is 12.7. The summed E-state index contributed by atoms with van der Waals surface area (Å²) in [6.45, 7) is 3.67. The lowest BCUT2D eigenvalue weighted by molar-refractivity contribution is -0.298. The molecular weight excluding hydrogens is 692 g/mol. The maximum absolute atomic E-state index is 12.7. The van der Waals surface area contributed by atoms with Gasteiger partial charge in [0.2, 0.25) is 0 Å². The first-order valence-electron chi connectivity index (χ1n) is 20.7. The van der Waals surface area contributed by atoms with Crippen LogP contribution >= 0.6 is 0 Å². The Hall–Kier alpha value is -2.83. The Balaban J connectivity index is 2.43. The monoisotopic (exact) mass is 765 g/mol. The summed E-state index contributed by atoms with van der Waals surface area (Å²) in [4.78, 5) is 36.7. The number of aliphatic hydroxyl groups excluding tert-OH is 3. The molecule has 1 aliphatic rings. The van der Waals surface area contributed by atoms with Crippen LogP contribution in [0.4, 0.5) is 0 Å². The van der Waals surface area contributed by atoms with Crippen LogP contribution in [0.15, 0.2) is 48.6 Å². The molecule has 6 atom stereocenters. The van der Waals surface area contributed by atoms with Crippen LogP contribution in [0.25, 0.3) is 0 Å². The van der Waals surface area contributed by atoms with Crippen LogP contribution in [0.5, 0.6) is 0 Å². The standard InChI is InChI=1S/C43H72O11/c1-3-5-7-9-11-13-15-17-18-20-21-23-25-27-29-31-36(44)51-33-35(34-52-43-40(48)38(46)39(47)41(54-43)42(49)50)53-37(45)32-30-28-26-24-22-19-16-14-12-10-8-6-4-2/h8,10-11,13-14,16-18,35,38-41,43,46-48H,3-7,9,12,15,19-34H2,1-2H3,(H,49,50)/b10-8-,13-11-,16-14-,18-17-. The first-order chi connectivity index (χ1) is 26.2. The first-order valence-corrected chi connectivity index (χ1v) is 20.7. The summed E-state index contributed by atoms with van der Waals surface area (Å²) in [5.41, 5.74) is 0. The van der Waals surface area contributed by atoms with Crippen molar-refractivity contribution in [1.82, 2.24) is 0 Å². The summed E-state index contributed by atoms with van der Waals surface area (Å²) in [6.07, 6.45) is 28.8. The highest BCUT2D eigenvalue weighted by atomic mass is 16.7. The number of carbonyl (C=O) groups excluding carboxylic acids is 2. The van der Waals surface area contributed by atoms with Gasteiger partial charge in [-0.05, 0) is 70.6 Å². The molecule has 0 saturated carbocycles. The van der Waals surface area contributed by atoms with Crippen molar-refractivity contribution in [1.29, 1.82) is 0 Å². The van der Waals surface area contributed by atoms with Crippen LogP contribution in [0, 0.1) is 0 Å². The van der Waals surface area contributed by atoms with E-state index < -0.39 is 61.3 Å². The minimum atomic E-state index is -1.87. The molecule has 4 N–H and O–H groups in total. The molecule has 0 aromatic carbocycles. The number of carbonyl (C=O) groups is 3. The highest BCUT2D eigenvalue weighted by Crippen LogP contribution is 2.23. The SMILES string of the molecule is CCC/C=C\C/C=C\CCCCCCCC(=O)OC(COC(=O)CCCCCCC/C=C\C/C=C\CCCCC)COC1OC(C(=O)O)C(O)C(O)C1O. The Kier molecular flexibility index (Phi) is 30.5. The number of aliphatic carboxylic acids is 1. The Bertz CT molecular complexity index is 1090. The molecular formula is C43H72O11. The van der Waals surface area contributed by atoms with Crippen LogP contribution in [0.1, 0.15) is 155 Å². The molecule has 0 amide bonds. The molecule has 0 bridgehead atoms. The largest absolute Gasteiger partial charge is 0.479 e. The van der Waals surface area contributed by atoms with E-state index in [1.165, 1.54) is 19.3 Å². The molecule has 0 aromatic heterocycles. The molecule has 11 nitrogen and oxygen atoms in total. The number of allylic oxidation sites excluding steroid dienone is 8. The lowest BCUT2D eigenvalue weighted by Crippen LogP contribution is -2.60. The number of unbranched alkanes of at least 4 members (excludes halogenated alkanes) is 14. The fourth-order valence-corrected chi connectivity index (χ4v) is 5.83. The van der Waals surface area contributed by atoms with Crippen LogP contribution < -0.4 is 0 Å². The number of hydrogen-bond donors (Lipinski definition) is 4. The third kappa shape index (κ3) is 25.3. The van der Waals surface area contributed by atoms with Gasteiger partial charge in [-0.1, -0.05) is 120 Å². The number of aliphatic hydroxyl groups is 3. The van der Waals surface area contributed by atoms with E-state index >= 15 is 0 Å². The minimum absolute atomic E-state index is 0.162. The summed E-state index contributed by atoms with van der Waals surface area (Å²) in [5, 5.41) is 39.7. The Labute approximate surface area is 324 Å². The molecule has 1 aliphatic heterocycles. The van der Waals surface area contributed by atoms with Crippen molar-refractivity contribution in [3.05, 3.63) is 48.6 Å². The van der Waals surface area contributed by atoms with Gasteiger partial charge in [0, 0.05) is 12.8 Å².